The molecule has 1 heterocycles. The number of hydrogen-bond acceptors (Lipinski definition) is 2. The summed E-state index contributed by atoms with van der Waals surface area (Å²) in [5.41, 5.74) is 1.39. The van der Waals surface area contributed by atoms with Gasteiger partial charge in [-0.2, -0.15) is 0 Å². The van der Waals surface area contributed by atoms with Crippen LogP contribution in [0.3, 0.4) is 0 Å². The molecule has 0 radical (unpaired) electrons. The fraction of sp³-hybridized carbons (Fsp3) is 0.368. The van der Waals surface area contributed by atoms with Crippen molar-refractivity contribution in [3.05, 3.63) is 65.7 Å². The Hall–Kier alpha value is -1.70. The van der Waals surface area contributed by atoms with Crippen molar-refractivity contribution in [1.29, 1.82) is 0 Å². The van der Waals surface area contributed by atoms with Crippen LogP contribution < -0.4 is 10.6 Å². The molecule has 0 aliphatic rings. The molecule has 1 aromatic carbocycles. The van der Waals surface area contributed by atoms with Crippen molar-refractivity contribution in [2.45, 2.75) is 25.7 Å². The van der Waals surface area contributed by atoms with Crippen molar-refractivity contribution < 1.29 is 4.39 Å². The van der Waals surface area contributed by atoms with Crippen molar-refractivity contribution >= 4 is 29.9 Å². The van der Waals surface area contributed by atoms with Crippen LogP contribution in [0.2, 0.25) is 0 Å². The first-order valence-corrected chi connectivity index (χ1v) is 8.12. The molecule has 0 saturated carbocycles. The van der Waals surface area contributed by atoms with Gasteiger partial charge in [0.25, 0.3) is 0 Å². The topological polar surface area (TPSA) is 49.3 Å². The zero-order chi connectivity index (χ0) is 17.4. The predicted molar refractivity (Wildman–Crippen MR) is 112 cm³/mol. The van der Waals surface area contributed by atoms with Crippen LogP contribution in [0.1, 0.15) is 25.1 Å². The van der Waals surface area contributed by atoms with E-state index in [-0.39, 0.29) is 35.2 Å². The molecule has 2 N–H and O–H groups in total. The van der Waals surface area contributed by atoms with Crippen molar-refractivity contribution in [3.8, 4) is 0 Å². The molecule has 0 unspecified atom stereocenters. The van der Waals surface area contributed by atoms with E-state index in [0.29, 0.717) is 18.1 Å². The summed E-state index contributed by atoms with van der Waals surface area (Å²) in [6.45, 7) is 5.34. The fourth-order valence-electron chi connectivity index (χ4n) is 2.49. The number of nitrogens with zero attached hydrogens (tertiary/aromatic N) is 2. The molecule has 25 heavy (non-hydrogen) atoms. The highest BCUT2D eigenvalue weighted by molar-refractivity contribution is 14.0. The molecule has 136 valence electrons. The third-order valence-electron chi connectivity index (χ3n) is 3.92. The summed E-state index contributed by atoms with van der Waals surface area (Å²) in [5, 5.41) is 6.54. The van der Waals surface area contributed by atoms with Gasteiger partial charge in [-0.3, -0.25) is 9.98 Å². The highest BCUT2D eigenvalue weighted by Crippen LogP contribution is 2.24. The SMILES string of the molecule is CN=C(NCCc1ccccn1)NCC(C)(C)c1ccccc1F.I. The van der Waals surface area contributed by atoms with Gasteiger partial charge >= 0.3 is 0 Å². The molecule has 0 aliphatic heterocycles. The van der Waals surface area contributed by atoms with E-state index in [9.17, 15) is 4.39 Å². The zero-order valence-electron chi connectivity index (χ0n) is 14.9. The second-order valence-electron chi connectivity index (χ2n) is 6.29. The molecule has 2 rings (SSSR count). The molecular formula is C19H26FIN4. The average Bonchev–Trinajstić information content (AvgIpc) is 2.59. The zero-order valence-corrected chi connectivity index (χ0v) is 17.3. The Morgan fingerprint density at radius 2 is 1.84 bits per heavy atom. The van der Waals surface area contributed by atoms with Gasteiger partial charge in [0.15, 0.2) is 5.96 Å². The number of aromatic nitrogens is 1. The first-order chi connectivity index (χ1) is 11.5. The van der Waals surface area contributed by atoms with Gasteiger partial charge in [0.2, 0.25) is 0 Å². The van der Waals surface area contributed by atoms with Gasteiger partial charge in [-0.25, -0.2) is 4.39 Å². The number of halogens is 2. The van der Waals surface area contributed by atoms with E-state index < -0.39 is 0 Å². The lowest BCUT2D eigenvalue weighted by Crippen LogP contribution is -2.44. The van der Waals surface area contributed by atoms with Crippen LogP contribution in [0.15, 0.2) is 53.7 Å². The van der Waals surface area contributed by atoms with Gasteiger partial charge in [0.05, 0.1) is 0 Å². The lowest BCUT2D eigenvalue weighted by molar-refractivity contribution is 0.473. The Kier molecular flexibility index (Phi) is 8.82. The lowest BCUT2D eigenvalue weighted by atomic mass is 9.84. The molecule has 4 nitrogen and oxygen atoms in total. The maximum atomic E-state index is 14.0. The highest BCUT2D eigenvalue weighted by Gasteiger charge is 2.24. The van der Waals surface area contributed by atoms with Gasteiger partial charge in [-0.1, -0.05) is 38.1 Å². The molecule has 0 amide bonds. The van der Waals surface area contributed by atoms with Crippen LogP contribution in [0.5, 0.6) is 0 Å². The van der Waals surface area contributed by atoms with Crippen molar-refractivity contribution in [3.63, 3.8) is 0 Å². The van der Waals surface area contributed by atoms with Gasteiger partial charge in [0, 0.05) is 43.9 Å². The van der Waals surface area contributed by atoms with Crippen LogP contribution in [0.4, 0.5) is 4.39 Å². The Morgan fingerprint density at radius 3 is 2.48 bits per heavy atom. The van der Waals surface area contributed by atoms with E-state index in [1.54, 1.807) is 19.3 Å². The van der Waals surface area contributed by atoms with Crippen LogP contribution in [0.25, 0.3) is 0 Å². The third-order valence-corrected chi connectivity index (χ3v) is 3.92. The van der Waals surface area contributed by atoms with Crippen LogP contribution in [0, 0.1) is 5.82 Å². The average molecular weight is 456 g/mol. The summed E-state index contributed by atoms with van der Waals surface area (Å²) in [4.78, 5) is 8.51. The Bertz CT molecular complexity index is 674. The Balaban J connectivity index is 0.00000312. The minimum atomic E-state index is -0.343. The maximum Gasteiger partial charge on any atom is 0.191 e. The van der Waals surface area contributed by atoms with E-state index in [4.69, 9.17) is 0 Å². The highest BCUT2D eigenvalue weighted by atomic mass is 127. The smallest absolute Gasteiger partial charge is 0.191 e. The monoisotopic (exact) mass is 456 g/mol. The number of rotatable bonds is 6. The summed E-state index contributed by atoms with van der Waals surface area (Å²) in [6, 6.07) is 12.8. The largest absolute Gasteiger partial charge is 0.356 e. The van der Waals surface area contributed by atoms with E-state index >= 15 is 0 Å². The number of nitrogens with one attached hydrogen (secondary N) is 2. The molecule has 0 spiro atoms. The van der Waals surface area contributed by atoms with Crippen molar-refractivity contribution in [2.75, 3.05) is 20.1 Å². The van der Waals surface area contributed by atoms with Crippen molar-refractivity contribution in [1.82, 2.24) is 15.6 Å². The van der Waals surface area contributed by atoms with Gasteiger partial charge in [-0.15, -0.1) is 24.0 Å². The normalized spacial score (nSPS) is 11.6. The predicted octanol–water partition coefficient (Wildman–Crippen LogP) is 3.52. The first kappa shape index (κ1) is 21.3. The molecule has 6 heteroatoms. The summed E-state index contributed by atoms with van der Waals surface area (Å²) in [5.74, 6) is 0.526. The molecule has 2 aromatic rings. The molecule has 0 fully saturated rings. The van der Waals surface area contributed by atoms with E-state index in [1.165, 1.54) is 6.07 Å². The summed E-state index contributed by atoms with van der Waals surface area (Å²) < 4.78 is 14.0. The molecule has 1 aromatic heterocycles. The van der Waals surface area contributed by atoms with E-state index in [2.05, 4.69) is 20.6 Å². The second kappa shape index (κ2) is 10.3. The number of pyridine rings is 1. The van der Waals surface area contributed by atoms with E-state index in [0.717, 1.165) is 18.7 Å². The number of hydrogen-bond donors (Lipinski definition) is 2. The Labute approximate surface area is 166 Å². The van der Waals surface area contributed by atoms with Crippen molar-refractivity contribution in [2.24, 2.45) is 4.99 Å². The lowest BCUT2D eigenvalue weighted by Gasteiger charge is -2.27. The quantitative estimate of drug-likeness (QED) is 0.398. The van der Waals surface area contributed by atoms with E-state index in [1.807, 2.05) is 44.2 Å². The summed E-state index contributed by atoms with van der Waals surface area (Å²) >= 11 is 0. The van der Waals surface area contributed by atoms with Gasteiger partial charge in [-0.05, 0) is 23.8 Å². The van der Waals surface area contributed by atoms with Crippen LogP contribution in [-0.2, 0) is 11.8 Å². The van der Waals surface area contributed by atoms with Gasteiger partial charge in [0.1, 0.15) is 5.82 Å². The Morgan fingerprint density at radius 1 is 1.12 bits per heavy atom. The molecular weight excluding hydrogens is 430 g/mol. The number of guanidine groups is 1. The third kappa shape index (κ3) is 6.61. The fourth-order valence-corrected chi connectivity index (χ4v) is 2.49. The van der Waals surface area contributed by atoms with Crippen LogP contribution >= 0.6 is 24.0 Å². The van der Waals surface area contributed by atoms with Crippen LogP contribution in [-0.4, -0.2) is 31.1 Å². The summed E-state index contributed by atoms with van der Waals surface area (Å²) in [7, 11) is 1.73. The maximum absolute atomic E-state index is 14.0. The minimum Gasteiger partial charge on any atom is -0.356 e. The number of aliphatic imine (C=N–C) groups is 1. The molecule has 0 atom stereocenters. The standard InChI is InChI=1S/C19H25FN4.HI/c1-19(2,16-9-4-5-10-17(16)20)14-24-18(21-3)23-13-11-15-8-6-7-12-22-15;/h4-10,12H,11,13-14H2,1-3H3,(H2,21,23,24);1H. The first-order valence-electron chi connectivity index (χ1n) is 8.12. The minimum absolute atomic E-state index is 0. The number of benzene rings is 1. The molecule has 0 aliphatic carbocycles. The summed E-state index contributed by atoms with van der Waals surface area (Å²) in [6.07, 6.45) is 2.61. The molecule has 0 saturated heterocycles. The second-order valence-corrected chi connectivity index (χ2v) is 6.29. The molecule has 0 bridgehead atoms. The van der Waals surface area contributed by atoms with Gasteiger partial charge < -0.3 is 10.6 Å².